The second-order valence-corrected chi connectivity index (χ2v) is 9.58. The maximum atomic E-state index is 5.93. The number of anilines is 3. The van der Waals surface area contributed by atoms with Crippen molar-refractivity contribution in [2.75, 3.05) is 36.9 Å². The molecule has 38 heavy (non-hydrogen) atoms. The third-order valence-electron chi connectivity index (χ3n) is 6.84. The molecule has 3 aromatic carbocycles. The van der Waals surface area contributed by atoms with Crippen molar-refractivity contribution < 1.29 is 4.74 Å². The predicted molar refractivity (Wildman–Crippen MR) is 153 cm³/mol. The lowest BCUT2D eigenvalue weighted by Crippen LogP contribution is -2.25. The number of aromatic nitrogens is 3. The molecule has 2 N–H and O–H groups in total. The summed E-state index contributed by atoms with van der Waals surface area (Å²) in [6.45, 7) is 4.85. The molecule has 2 aromatic heterocycles. The number of nitrogens with one attached hydrogen (secondary N) is 2. The van der Waals surface area contributed by atoms with Crippen molar-refractivity contribution in [3.05, 3.63) is 103 Å². The Bertz CT molecular complexity index is 1480. The number of hydrogen-bond donors (Lipinski definition) is 2. The summed E-state index contributed by atoms with van der Waals surface area (Å²) in [4.78, 5) is 7.15. The van der Waals surface area contributed by atoms with E-state index in [0.29, 0.717) is 12.6 Å². The maximum Gasteiger partial charge on any atom is 0.247 e. The average Bonchev–Trinajstić information content (AvgIpc) is 3.63. The standard InChI is InChI=1S/C31H32N6O/c1-2-8-24(9-3-1)23-32-27-11-6-10-25(22-27)29-12-7-13-30-34-31(35-37(29)30)33-26-14-16-28(17-15-26)38-21-20-36-18-4-5-19-36/h1-3,6-17,22,32H,4-5,18-21,23H2,(H,33,35). The molecule has 7 nitrogen and oxygen atoms in total. The first-order chi connectivity index (χ1) is 18.8. The largest absolute Gasteiger partial charge is 0.492 e. The monoisotopic (exact) mass is 504 g/mol. The molecule has 0 bridgehead atoms. The summed E-state index contributed by atoms with van der Waals surface area (Å²) >= 11 is 0. The molecule has 192 valence electrons. The van der Waals surface area contributed by atoms with E-state index < -0.39 is 0 Å². The SMILES string of the molecule is c1ccc(CNc2cccc(-c3cccc4nc(Nc5ccc(OCCN6CCCC6)cc5)nn34)c2)cc1. The third-order valence-corrected chi connectivity index (χ3v) is 6.84. The second kappa shape index (κ2) is 11.4. The van der Waals surface area contributed by atoms with Crippen molar-refractivity contribution in [3.63, 3.8) is 0 Å². The first-order valence-corrected chi connectivity index (χ1v) is 13.3. The van der Waals surface area contributed by atoms with Gasteiger partial charge >= 0.3 is 0 Å². The summed E-state index contributed by atoms with van der Waals surface area (Å²) in [6.07, 6.45) is 2.61. The molecular formula is C31H32N6O. The molecule has 6 rings (SSSR count). The quantitative estimate of drug-likeness (QED) is 0.235. The van der Waals surface area contributed by atoms with Crippen molar-refractivity contribution in [1.82, 2.24) is 19.5 Å². The smallest absolute Gasteiger partial charge is 0.247 e. The number of nitrogens with zero attached hydrogens (tertiary/aromatic N) is 4. The van der Waals surface area contributed by atoms with Crippen molar-refractivity contribution in [1.29, 1.82) is 0 Å². The fourth-order valence-corrected chi connectivity index (χ4v) is 4.83. The lowest BCUT2D eigenvalue weighted by molar-refractivity contribution is 0.238. The first kappa shape index (κ1) is 24.0. The van der Waals surface area contributed by atoms with Crippen LogP contribution in [0.3, 0.4) is 0 Å². The van der Waals surface area contributed by atoms with E-state index >= 15 is 0 Å². The highest BCUT2D eigenvalue weighted by molar-refractivity contribution is 5.68. The number of fused-ring (bicyclic) bond motifs is 1. The van der Waals surface area contributed by atoms with Gasteiger partial charge in [0.25, 0.3) is 0 Å². The van der Waals surface area contributed by atoms with Crippen LogP contribution in [-0.4, -0.2) is 45.7 Å². The van der Waals surface area contributed by atoms with Crippen LogP contribution in [0.15, 0.2) is 97.1 Å². The minimum absolute atomic E-state index is 0.554. The van der Waals surface area contributed by atoms with Gasteiger partial charge < -0.3 is 15.4 Å². The fraction of sp³-hybridized carbons (Fsp3) is 0.226. The van der Waals surface area contributed by atoms with Gasteiger partial charge in [-0.1, -0.05) is 48.5 Å². The van der Waals surface area contributed by atoms with Crippen LogP contribution in [0, 0.1) is 0 Å². The van der Waals surface area contributed by atoms with E-state index in [9.17, 15) is 0 Å². The molecule has 0 saturated carbocycles. The van der Waals surface area contributed by atoms with Crippen molar-refractivity contribution in [3.8, 4) is 17.0 Å². The number of pyridine rings is 1. The van der Waals surface area contributed by atoms with E-state index in [1.54, 1.807) is 0 Å². The molecule has 0 aliphatic carbocycles. The van der Waals surface area contributed by atoms with Gasteiger partial charge in [0, 0.05) is 30.0 Å². The molecule has 1 fully saturated rings. The summed E-state index contributed by atoms with van der Waals surface area (Å²) in [6, 6.07) is 32.8. The lowest BCUT2D eigenvalue weighted by atomic mass is 10.1. The Balaban J connectivity index is 1.13. The Morgan fingerprint density at radius 3 is 2.45 bits per heavy atom. The van der Waals surface area contributed by atoms with Crippen LogP contribution in [0.4, 0.5) is 17.3 Å². The van der Waals surface area contributed by atoms with Gasteiger partial charge in [0.15, 0.2) is 5.65 Å². The molecule has 0 atom stereocenters. The number of rotatable bonds is 10. The fourth-order valence-electron chi connectivity index (χ4n) is 4.83. The number of hydrogen-bond acceptors (Lipinski definition) is 6. The van der Waals surface area contributed by atoms with Gasteiger partial charge in [0.2, 0.25) is 5.95 Å². The van der Waals surface area contributed by atoms with Crippen molar-refractivity contribution >= 4 is 23.0 Å². The van der Waals surface area contributed by atoms with Gasteiger partial charge in [-0.2, -0.15) is 4.98 Å². The predicted octanol–water partition coefficient (Wildman–Crippen LogP) is 6.23. The van der Waals surface area contributed by atoms with Gasteiger partial charge in [0.1, 0.15) is 12.4 Å². The molecule has 5 aromatic rings. The summed E-state index contributed by atoms with van der Waals surface area (Å²) < 4.78 is 7.81. The van der Waals surface area contributed by atoms with Gasteiger partial charge in [-0.3, -0.25) is 4.90 Å². The highest BCUT2D eigenvalue weighted by atomic mass is 16.5. The van der Waals surface area contributed by atoms with Gasteiger partial charge in [-0.15, -0.1) is 5.10 Å². The zero-order valence-electron chi connectivity index (χ0n) is 21.4. The molecule has 1 aliphatic heterocycles. The lowest BCUT2D eigenvalue weighted by Gasteiger charge is -2.15. The third kappa shape index (κ3) is 5.79. The highest BCUT2D eigenvalue weighted by Crippen LogP contribution is 2.25. The molecule has 0 radical (unpaired) electrons. The highest BCUT2D eigenvalue weighted by Gasteiger charge is 2.12. The van der Waals surface area contributed by atoms with Crippen LogP contribution in [0.1, 0.15) is 18.4 Å². The van der Waals surface area contributed by atoms with Crippen molar-refractivity contribution in [2.24, 2.45) is 0 Å². The van der Waals surface area contributed by atoms with E-state index in [4.69, 9.17) is 14.8 Å². The first-order valence-electron chi connectivity index (χ1n) is 13.3. The van der Waals surface area contributed by atoms with Gasteiger partial charge in [0.05, 0.1) is 5.69 Å². The summed E-state index contributed by atoms with van der Waals surface area (Å²) in [7, 11) is 0. The number of benzene rings is 3. The zero-order valence-corrected chi connectivity index (χ0v) is 21.4. The van der Waals surface area contributed by atoms with E-state index in [1.807, 2.05) is 47.0 Å². The Morgan fingerprint density at radius 1 is 0.789 bits per heavy atom. The van der Waals surface area contributed by atoms with Crippen LogP contribution in [-0.2, 0) is 6.54 Å². The summed E-state index contributed by atoms with van der Waals surface area (Å²) in [5, 5.41) is 11.6. The van der Waals surface area contributed by atoms with Crippen LogP contribution in [0.25, 0.3) is 16.9 Å². The Hall–Kier alpha value is -4.36. The topological polar surface area (TPSA) is 66.7 Å². The van der Waals surface area contributed by atoms with E-state index in [2.05, 4.69) is 70.1 Å². The Kier molecular flexibility index (Phi) is 7.17. The van der Waals surface area contributed by atoms with Gasteiger partial charge in [-0.25, -0.2) is 4.52 Å². The van der Waals surface area contributed by atoms with Crippen LogP contribution in [0.2, 0.25) is 0 Å². The minimum Gasteiger partial charge on any atom is -0.492 e. The van der Waals surface area contributed by atoms with Crippen LogP contribution >= 0.6 is 0 Å². The molecule has 3 heterocycles. The molecule has 1 aliphatic rings. The zero-order chi connectivity index (χ0) is 25.6. The molecule has 1 saturated heterocycles. The minimum atomic E-state index is 0.554. The van der Waals surface area contributed by atoms with E-state index in [0.717, 1.165) is 47.1 Å². The maximum absolute atomic E-state index is 5.93. The van der Waals surface area contributed by atoms with E-state index in [1.165, 1.54) is 31.5 Å². The van der Waals surface area contributed by atoms with Gasteiger partial charge in [-0.05, 0) is 80.0 Å². The summed E-state index contributed by atoms with van der Waals surface area (Å²) in [5.74, 6) is 1.43. The Labute approximate surface area is 223 Å². The molecule has 0 amide bonds. The van der Waals surface area contributed by atoms with Crippen molar-refractivity contribution in [2.45, 2.75) is 19.4 Å². The molecule has 7 heteroatoms. The number of likely N-dealkylation sites (tertiary alicyclic amines) is 1. The second-order valence-electron chi connectivity index (χ2n) is 9.58. The molecular weight excluding hydrogens is 472 g/mol. The van der Waals surface area contributed by atoms with Crippen LogP contribution in [0.5, 0.6) is 5.75 Å². The summed E-state index contributed by atoms with van der Waals surface area (Å²) in [5.41, 5.74) is 6.06. The van der Waals surface area contributed by atoms with E-state index in [-0.39, 0.29) is 0 Å². The Morgan fingerprint density at radius 2 is 1.61 bits per heavy atom. The average molecular weight is 505 g/mol. The molecule has 0 spiro atoms. The normalized spacial score (nSPS) is 13.6. The van der Waals surface area contributed by atoms with Crippen LogP contribution < -0.4 is 15.4 Å². The molecule has 0 unspecified atom stereocenters. The number of ether oxygens (including phenoxy) is 1.